The summed E-state index contributed by atoms with van der Waals surface area (Å²) in [5.41, 5.74) is 1.41. The Morgan fingerprint density at radius 1 is 1.00 bits per heavy atom. The van der Waals surface area contributed by atoms with Crippen molar-refractivity contribution < 1.29 is 23.6 Å². The first-order chi connectivity index (χ1) is 15.3. The number of hydrogen-bond acceptors (Lipinski definition) is 4. The molecule has 0 unspecified atom stereocenters. The maximum Gasteiger partial charge on any atom is 0.248 e. The highest BCUT2D eigenvalue weighted by molar-refractivity contribution is 6.31. The normalized spacial score (nSPS) is 19.1. The van der Waals surface area contributed by atoms with Crippen LogP contribution < -0.4 is 4.90 Å². The Hall–Kier alpha value is -3.26. The summed E-state index contributed by atoms with van der Waals surface area (Å²) in [6.45, 7) is -0.0696. The molecule has 2 aromatic rings. The van der Waals surface area contributed by atoms with E-state index in [0.29, 0.717) is 12.1 Å². The molecule has 4 amide bonds. The van der Waals surface area contributed by atoms with Gasteiger partial charge in [0.05, 0.1) is 10.9 Å². The molecule has 0 N–H and O–H groups in total. The van der Waals surface area contributed by atoms with Crippen LogP contribution in [0.4, 0.5) is 10.1 Å². The van der Waals surface area contributed by atoms with Crippen LogP contribution in [0.1, 0.15) is 12.0 Å². The maximum atomic E-state index is 13.4. The van der Waals surface area contributed by atoms with Crippen molar-refractivity contribution in [3.05, 3.63) is 64.9 Å². The summed E-state index contributed by atoms with van der Waals surface area (Å²) in [6.07, 6.45) is 0.489. The van der Waals surface area contributed by atoms with Crippen molar-refractivity contribution in [1.82, 2.24) is 9.80 Å². The molecular formula is C23H21ClFN3O4. The molecule has 0 saturated carbocycles. The van der Waals surface area contributed by atoms with E-state index in [2.05, 4.69) is 0 Å². The molecule has 2 saturated heterocycles. The second kappa shape index (κ2) is 9.08. The summed E-state index contributed by atoms with van der Waals surface area (Å²) < 4.78 is 13.4. The molecule has 2 fully saturated rings. The summed E-state index contributed by atoms with van der Waals surface area (Å²) >= 11 is 5.80. The van der Waals surface area contributed by atoms with Gasteiger partial charge in [-0.05, 0) is 30.2 Å². The number of halogens is 2. The van der Waals surface area contributed by atoms with Gasteiger partial charge in [0.25, 0.3) is 0 Å². The van der Waals surface area contributed by atoms with Crippen LogP contribution in [0.3, 0.4) is 0 Å². The van der Waals surface area contributed by atoms with Gasteiger partial charge in [-0.3, -0.25) is 24.1 Å². The fraction of sp³-hybridized carbons (Fsp3) is 0.304. The van der Waals surface area contributed by atoms with Gasteiger partial charge in [0.1, 0.15) is 18.9 Å². The van der Waals surface area contributed by atoms with Crippen molar-refractivity contribution in [2.24, 2.45) is 5.92 Å². The minimum absolute atomic E-state index is 0.0512. The summed E-state index contributed by atoms with van der Waals surface area (Å²) in [6, 6.07) is 13.4. The zero-order valence-electron chi connectivity index (χ0n) is 17.2. The molecular weight excluding hydrogens is 437 g/mol. The number of nitrogens with zero attached hydrogens (tertiary/aromatic N) is 3. The topological polar surface area (TPSA) is 78.0 Å². The largest absolute Gasteiger partial charge is 0.324 e. The highest BCUT2D eigenvalue weighted by Gasteiger charge is 2.41. The Morgan fingerprint density at radius 2 is 1.69 bits per heavy atom. The monoisotopic (exact) mass is 457 g/mol. The number of carbonyl (C=O) groups is 4. The van der Waals surface area contributed by atoms with E-state index in [-0.39, 0.29) is 43.5 Å². The molecule has 4 rings (SSSR count). The molecule has 9 heteroatoms. The molecule has 166 valence electrons. The number of rotatable bonds is 5. The molecule has 2 heterocycles. The first-order valence-corrected chi connectivity index (χ1v) is 10.6. The van der Waals surface area contributed by atoms with Crippen molar-refractivity contribution in [1.29, 1.82) is 0 Å². The highest BCUT2D eigenvalue weighted by atomic mass is 35.5. The quantitative estimate of drug-likeness (QED) is 0.645. The zero-order chi connectivity index (χ0) is 22.8. The second-order valence-corrected chi connectivity index (χ2v) is 8.28. The van der Waals surface area contributed by atoms with Crippen LogP contribution in [0.2, 0.25) is 5.02 Å². The molecule has 0 radical (unpaired) electrons. The van der Waals surface area contributed by atoms with E-state index in [1.807, 2.05) is 30.3 Å². The summed E-state index contributed by atoms with van der Waals surface area (Å²) in [5, 5.41) is -0.118. The molecule has 0 spiro atoms. The third-order valence-electron chi connectivity index (χ3n) is 5.72. The molecule has 2 aliphatic rings. The molecule has 1 atom stereocenters. The first-order valence-electron chi connectivity index (χ1n) is 10.2. The highest BCUT2D eigenvalue weighted by Crippen LogP contribution is 2.29. The predicted molar refractivity (Wildman–Crippen MR) is 115 cm³/mol. The average Bonchev–Trinajstić information content (AvgIpc) is 3.16. The van der Waals surface area contributed by atoms with Gasteiger partial charge in [-0.15, -0.1) is 0 Å². The number of piperazine rings is 1. The van der Waals surface area contributed by atoms with Gasteiger partial charge in [-0.25, -0.2) is 4.39 Å². The van der Waals surface area contributed by atoms with Crippen LogP contribution in [0.15, 0.2) is 48.5 Å². The fourth-order valence-corrected chi connectivity index (χ4v) is 4.19. The first kappa shape index (κ1) is 22.0. The van der Waals surface area contributed by atoms with Crippen molar-refractivity contribution >= 4 is 40.9 Å². The zero-order valence-corrected chi connectivity index (χ0v) is 17.9. The SMILES string of the molecule is O=C([C@H]1CC(=O)N(c2ccc(F)c(Cl)c2)C1)N1CC(=O)N(CCc2ccccc2)C(=O)C1. The third-order valence-corrected chi connectivity index (χ3v) is 6.01. The Morgan fingerprint density at radius 3 is 2.34 bits per heavy atom. The summed E-state index contributed by atoms with van der Waals surface area (Å²) in [5.74, 6) is -2.88. The van der Waals surface area contributed by atoms with Crippen LogP contribution in [0.25, 0.3) is 0 Å². The van der Waals surface area contributed by atoms with Gasteiger partial charge >= 0.3 is 0 Å². The van der Waals surface area contributed by atoms with Gasteiger partial charge in [0.2, 0.25) is 23.6 Å². The van der Waals surface area contributed by atoms with Crippen LogP contribution >= 0.6 is 11.6 Å². The maximum absolute atomic E-state index is 13.4. The molecule has 32 heavy (non-hydrogen) atoms. The number of hydrogen-bond donors (Lipinski definition) is 0. The Balaban J connectivity index is 1.38. The molecule has 7 nitrogen and oxygen atoms in total. The van der Waals surface area contributed by atoms with Crippen LogP contribution in [-0.4, -0.2) is 59.6 Å². The molecule has 2 aliphatic heterocycles. The van der Waals surface area contributed by atoms with Gasteiger partial charge in [0.15, 0.2) is 0 Å². The summed E-state index contributed by atoms with van der Waals surface area (Å²) in [4.78, 5) is 54.3. The van der Waals surface area contributed by atoms with Crippen LogP contribution in [0, 0.1) is 11.7 Å². The van der Waals surface area contributed by atoms with E-state index in [1.165, 1.54) is 26.8 Å². The Kier molecular flexibility index (Phi) is 6.23. The van der Waals surface area contributed by atoms with Gasteiger partial charge in [-0.1, -0.05) is 41.9 Å². The molecule has 2 aromatic carbocycles. The lowest BCUT2D eigenvalue weighted by molar-refractivity contribution is -0.157. The van der Waals surface area contributed by atoms with E-state index in [9.17, 15) is 23.6 Å². The van der Waals surface area contributed by atoms with Gasteiger partial charge in [0, 0.05) is 25.2 Å². The average molecular weight is 458 g/mol. The van der Waals surface area contributed by atoms with Crippen LogP contribution in [-0.2, 0) is 25.6 Å². The molecule has 0 bridgehead atoms. The minimum atomic E-state index is -0.692. The van der Waals surface area contributed by atoms with Crippen molar-refractivity contribution in [3.8, 4) is 0 Å². The van der Waals surface area contributed by atoms with Crippen molar-refractivity contribution in [2.45, 2.75) is 12.8 Å². The summed E-state index contributed by atoms with van der Waals surface area (Å²) in [7, 11) is 0. The number of carbonyl (C=O) groups excluding carboxylic acids is 4. The van der Waals surface area contributed by atoms with E-state index in [0.717, 1.165) is 11.6 Å². The number of amides is 4. The lowest BCUT2D eigenvalue weighted by Crippen LogP contribution is -2.57. The van der Waals surface area contributed by atoms with Gasteiger partial charge in [-0.2, -0.15) is 0 Å². The number of benzene rings is 2. The predicted octanol–water partition coefficient (Wildman–Crippen LogP) is 2.27. The van der Waals surface area contributed by atoms with E-state index in [4.69, 9.17) is 11.6 Å². The number of anilines is 1. The smallest absolute Gasteiger partial charge is 0.248 e. The van der Waals surface area contributed by atoms with E-state index >= 15 is 0 Å². The van der Waals surface area contributed by atoms with Gasteiger partial charge < -0.3 is 9.80 Å². The second-order valence-electron chi connectivity index (χ2n) is 7.87. The van der Waals surface area contributed by atoms with E-state index in [1.54, 1.807) is 0 Å². The molecule has 0 aromatic heterocycles. The molecule has 0 aliphatic carbocycles. The number of imide groups is 1. The Bertz CT molecular complexity index is 1060. The fourth-order valence-electron chi connectivity index (χ4n) is 4.02. The van der Waals surface area contributed by atoms with Crippen molar-refractivity contribution in [2.75, 3.05) is 31.1 Å². The van der Waals surface area contributed by atoms with Crippen LogP contribution in [0.5, 0.6) is 0 Å². The van der Waals surface area contributed by atoms with Crippen molar-refractivity contribution in [3.63, 3.8) is 0 Å². The Labute approximate surface area is 189 Å². The minimum Gasteiger partial charge on any atom is -0.324 e. The van der Waals surface area contributed by atoms with E-state index < -0.39 is 29.5 Å². The third kappa shape index (κ3) is 4.50. The lowest BCUT2D eigenvalue weighted by Gasteiger charge is -2.33. The lowest BCUT2D eigenvalue weighted by atomic mass is 10.1. The standard InChI is InChI=1S/C23H21ClFN3O4/c24-18-11-17(6-7-19(18)25)28-12-16(10-20(28)29)23(32)26-13-21(30)27(22(31)14-26)9-8-15-4-2-1-3-5-15/h1-7,11,16H,8-10,12-14H2/t16-/m0/s1.